The molecule has 0 N–H and O–H groups in total. The average Bonchev–Trinajstić information content (AvgIpc) is 2.91. The van der Waals surface area contributed by atoms with Crippen LogP contribution < -0.4 is 4.90 Å². The van der Waals surface area contributed by atoms with Gasteiger partial charge in [0.15, 0.2) is 0 Å². The second-order valence-electron chi connectivity index (χ2n) is 7.50. The van der Waals surface area contributed by atoms with E-state index in [0.717, 1.165) is 44.7 Å². The molecule has 0 spiro atoms. The molecule has 128 valence electrons. The fourth-order valence-electron chi connectivity index (χ4n) is 4.27. The van der Waals surface area contributed by atoms with Crippen LogP contribution >= 0.6 is 0 Å². The lowest BCUT2D eigenvalue weighted by Crippen LogP contribution is -2.55. The first-order valence-electron chi connectivity index (χ1n) is 9.10. The summed E-state index contributed by atoms with van der Waals surface area (Å²) >= 11 is 0. The minimum atomic E-state index is 0.0806. The van der Waals surface area contributed by atoms with Gasteiger partial charge in [0.2, 0.25) is 11.8 Å². The molecule has 1 atom stereocenters. The lowest BCUT2D eigenvalue weighted by Gasteiger charge is -2.42. The average molecular weight is 329 g/mol. The van der Waals surface area contributed by atoms with Crippen molar-refractivity contribution in [3.05, 3.63) is 12.4 Å². The molecule has 7 heteroatoms. The Morgan fingerprint density at radius 1 is 1.04 bits per heavy atom. The van der Waals surface area contributed by atoms with E-state index in [9.17, 15) is 9.59 Å². The molecule has 5 rings (SSSR count). The van der Waals surface area contributed by atoms with E-state index in [0.29, 0.717) is 24.4 Å². The summed E-state index contributed by atoms with van der Waals surface area (Å²) in [7, 11) is 0. The Hall–Kier alpha value is -1.89. The van der Waals surface area contributed by atoms with Crippen LogP contribution in [0, 0.1) is 0 Å². The minimum absolute atomic E-state index is 0.0806. The number of carbonyl (C=O) groups excluding carboxylic acids is 2. The molecule has 1 saturated carbocycles. The maximum absolute atomic E-state index is 12.5. The molecule has 1 aliphatic carbocycles. The Kier molecular flexibility index (Phi) is 3.20. The van der Waals surface area contributed by atoms with Crippen LogP contribution in [0.5, 0.6) is 0 Å². The van der Waals surface area contributed by atoms with Crippen LogP contribution in [-0.2, 0) is 9.59 Å². The number of likely N-dealkylation sites (tertiary alicyclic amines) is 2. The van der Waals surface area contributed by atoms with Crippen LogP contribution in [0.1, 0.15) is 38.1 Å². The Balaban J connectivity index is 1.20. The molecule has 0 bridgehead atoms. The first-order valence-corrected chi connectivity index (χ1v) is 9.10. The van der Waals surface area contributed by atoms with Crippen LogP contribution in [0.3, 0.4) is 0 Å². The molecule has 24 heavy (non-hydrogen) atoms. The molecule has 0 aromatic carbocycles. The van der Waals surface area contributed by atoms with Gasteiger partial charge in [-0.25, -0.2) is 0 Å². The van der Waals surface area contributed by atoms with Crippen molar-refractivity contribution < 1.29 is 9.59 Å². The second kappa shape index (κ2) is 5.31. The quantitative estimate of drug-likeness (QED) is 0.813. The van der Waals surface area contributed by atoms with Gasteiger partial charge in [-0.3, -0.25) is 19.2 Å². The van der Waals surface area contributed by atoms with Crippen molar-refractivity contribution in [3.8, 4) is 0 Å². The van der Waals surface area contributed by atoms with Gasteiger partial charge in [0.25, 0.3) is 0 Å². The van der Waals surface area contributed by atoms with E-state index < -0.39 is 0 Å². The van der Waals surface area contributed by atoms with Gasteiger partial charge in [0.1, 0.15) is 0 Å². The van der Waals surface area contributed by atoms with Crippen molar-refractivity contribution in [3.63, 3.8) is 0 Å². The molecular formula is C17H23N5O2. The lowest BCUT2D eigenvalue weighted by atomic mass is 10.0. The summed E-state index contributed by atoms with van der Waals surface area (Å²) in [6.07, 6.45) is 8.69. The van der Waals surface area contributed by atoms with Gasteiger partial charge in [-0.2, -0.15) is 5.10 Å². The van der Waals surface area contributed by atoms with Crippen LogP contribution in [-0.4, -0.2) is 69.7 Å². The molecular weight excluding hydrogens is 306 g/mol. The van der Waals surface area contributed by atoms with Crippen molar-refractivity contribution in [1.29, 1.82) is 0 Å². The van der Waals surface area contributed by atoms with Gasteiger partial charge in [0.05, 0.1) is 24.0 Å². The smallest absolute Gasteiger partial charge is 0.240 e. The number of nitrogens with zero attached hydrogens (tertiary/aromatic N) is 5. The van der Waals surface area contributed by atoms with E-state index in [4.69, 9.17) is 0 Å². The van der Waals surface area contributed by atoms with Gasteiger partial charge in [-0.05, 0) is 25.7 Å². The molecule has 2 amide bonds. The van der Waals surface area contributed by atoms with E-state index in [1.165, 1.54) is 12.8 Å². The number of carbonyl (C=O) groups is 2. The maximum Gasteiger partial charge on any atom is 0.240 e. The van der Waals surface area contributed by atoms with Gasteiger partial charge in [-0.15, -0.1) is 0 Å². The standard InChI is InChI=1S/C17H23N5O2/c23-16-2-1-6-20(16)13-8-18-22(11-13)14-9-19(10-14)15-5-7-21(17(15)24)12-3-4-12/h8,11-12,14-15H,1-7,9-10H2. The second-order valence-corrected chi connectivity index (χ2v) is 7.50. The van der Waals surface area contributed by atoms with E-state index in [2.05, 4.69) is 14.9 Å². The molecule has 1 aromatic heterocycles. The van der Waals surface area contributed by atoms with E-state index in [1.807, 2.05) is 15.8 Å². The molecule has 4 fully saturated rings. The van der Waals surface area contributed by atoms with Crippen molar-refractivity contribution in [1.82, 2.24) is 19.6 Å². The SMILES string of the molecule is O=C1CCCN1c1cnn(C2CN(C3CCN(C4CC4)C3=O)C2)c1. The van der Waals surface area contributed by atoms with Crippen molar-refractivity contribution >= 4 is 17.5 Å². The fraction of sp³-hybridized carbons (Fsp3) is 0.706. The molecule has 3 saturated heterocycles. The van der Waals surface area contributed by atoms with E-state index in [1.54, 1.807) is 6.20 Å². The van der Waals surface area contributed by atoms with Gasteiger partial charge in [0, 0.05) is 44.8 Å². The fourth-order valence-corrected chi connectivity index (χ4v) is 4.27. The van der Waals surface area contributed by atoms with Gasteiger partial charge >= 0.3 is 0 Å². The summed E-state index contributed by atoms with van der Waals surface area (Å²) in [5, 5.41) is 4.45. The first kappa shape index (κ1) is 14.5. The Bertz CT molecular complexity index is 676. The van der Waals surface area contributed by atoms with Crippen LogP contribution in [0.4, 0.5) is 5.69 Å². The van der Waals surface area contributed by atoms with E-state index in [-0.39, 0.29) is 11.9 Å². The van der Waals surface area contributed by atoms with Crippen LogP contribution in [0.25, 0.3) is 0 Å². The third-order valence-electron chi connectivity index (χ3n) is 5.88. The molecule has 4 aliphatic rings. The van der Waals surface area contributed by atoms with E-state index >= 15 is 0 Å². The Morgan fingerprint density at radius 2 is 1.88 bits per heavy atom. The number of rotatable bonds is 4. The molecule has 7 nitrogen and oxygen atoms in total. The summed E-state index contributed by atoms with van der Waals surface area (Å²) in [5.41, 5.74) is 0.910. The van der Waals surface area contributed by atoms with Crippen molar-refractivity contribution in [2.45, 2.75) is 50.2 Å². The molecule has 0 radical (unpaired) electrons. The molecule has 1 unspecified atom stereocenters. The highest BCUT2D eigenvalue weighted by molar-refractivity contribution is 5.95. The number of hydrogen-bond acceptors (Lipinski definition) is 4. The summed E-state index contributed by atoms with van der Waals surface area (Å²) in [6, 6.07) is 0.933. The zero-order valence-corrected chi connectivity index (χ0v) is 13.8. The first-order chi connectivity index (χ1) is 11.7. The lowest BCUT2D eigenvalue weighted by molar-refractivity contribution is -0.134. The third kappa shape index (κ3) is 2.25. The Labute approximate surface area is 141 Å². The Morgan fingerprint density at radius 3 is 2.58 bits per heavy atom. The zero-order valence-electron chi connectivity index (χ0n) is 13.8. The molecule has 3 aliphatic heterocycles. The highest BCUT2D eigenvalue weighted by atomic mass is 16.2. The monoisotopic (exact) mass is 329 g/mol. The third-order valence-corrected chi connectivity index (χ3v) is 5.88. The number of anilines is 1. The van der Waals surface area contributed by atoms with Crippen LogP contribution in [0.2, 0.25) is 0 Å². The highest BCUT2D eigenvalue weighted by Gasteiger charge is 2.46. The number of hydrogen-bond donors (Lipinski definition) is 0. The predicted molar refractivity (Wildman–Crippen MR) is 87.6 cm³/mol. The van der Waals surface area contributed by atoms with Crippen LogP contribution in [0.15, 0.2) is 12.4 Å². The van der Waals surface area contributed by atoms with Crippen molar-refractivity contribution in [2.75, 3.05) is 31.1 Å². The number of aromatic nitrogens is 2. The normalized spacial score (nSPS) is 28.9. The summed E-state index contributed by atoms with van der Waals surface area (Å²) in [5.74, 6) is 0.529. The maximum atomic E-state index is 12.5. The zero-order chi connectivity index (χ0) is 16.3. The van der Waals surface area contributed by atoms with Crippen molar-refractivity contribution in [2.24, 2.45) is 0 Å². The largest absolute Gasteiger partial charge is 0.338 e. The topological polar surface area (TPSA) is 61.7 Å². The highest BCUT2D eigenvalue weighted by Crippen LogP contribution is 2.35. The summed E-state index contributed by atoms with van der Waals surface area (Å²) in [6.45, 7) is 3.49. The molecule has 4 heterocycles. The van der Waals surface area contributed by atoms with Gasteiger partial charge in [-0.1, -0.05) is 0 Å². The predicted octanol–water partition coefficient (Wildman–Crippen LogP) is 0.630. The summed E-state index contributed by atoms with van der Waals surface area (Å²) in [4.78, 5) is 30.5. The minimum Gasteiger partial charge on any atom is -0.338 e. The van der Waals surface area contributed by atoms with Gasteiger partial charge < -0.3 is 9.80 Å². The summed E-state index contributed by atoms with van der Waals surface area (Å²) < 4.78 is 1.97. The molecule has 1 aromatic rings. The number of amides is 2.